The van der Waals surface area contributed by atoms with Crippen molar-refractivity contribution in [2.45, 2.75) is 26.3 Å². The van der Waals surface area contributed by atoms with Crippen molar-refractivity contribution in [3.05, 3.63) is 36.5 Å². The standard InChI is InChI=1S/C13H19NO/c1-5-11-7-13(10(3)4)14(9-15)8-12(11)6-2/h5-6,9-10,13H,1-2,7-8H2,3-4H3. The Bertz CT molecular complexity index is 302. The van der Waals surface area contributed by atoms with Crippen molar-refractivity contribution in [1.82, 2.24) is 4.90 Å². The number of allylic oxidation sites excluding steroid dienone is 1. The number of hydrogen-bond acceptors (Lipinski definition) is 1. The fourth-order valence-corrected chi connectivity index (χ4v) is 2.03. The average molecular weight is 205 g/mol. The van der Waals surface area contributed by atoms with Gasteiger partial charge in [-0.1, -0.05) is 39.2 Å². The predicted molar refractivity (Wildman–Crippen MR) is 63.4 cm³/mol. The molecule has 1 unspecified atom stereocenters. The van der Waals surface area contributed by atoms with E-state index in [2.05, 4.69) is 27.0 Å². The van der Waals surface area contributed by atoms with E-state index in [4.69, 9.17) is 0 Å². The van der Waals surface area contributed by atoms with Gasteiger partial charge in [0, 0.05) is 12.6 Å². The molecule has 1 heterocycles. The van der Waals surface area contributed by atoms with Gasteiger partial charge in [0.1, 0.15) is 0 Å². The van der Waals surface area contributed by atoms with Crippen LogP contribution in [0, 0.1) is 5.92 Å². The molecule has 1 amide bonds. The first kappa shape index (κ1) is 11.8. The van der Waals surface area contributed by atoms with E-state index in [0.717, 1.165) is 18.4 Å². The Balaban J connectivity index is 2.99. The first-order valence-electron chi connectivity index (χ1n) is 5.32. The first-order valence-corrected chi connectivity index (χ1v) is 5.32. The van der Waals surface area contributed by atoms with Crippen LogP contribution < -0.4 is 0 Å². The van der Waals surface area contributed by atoms with Crippen molar-refractivity contribution >= 4 is 6.41 Å². The van der Waals surface area contributed by atoms with Crippen molar-refractivity contribution in [3.8, 4) is 0 Å². The van der Waals surface area contributed by atoms with Crippen molar-refractivity contribution in [2.75, 3.05) is 6.54 Å². The summed E-state index contributed by atoms with van der Waals surface area (Å²) in [5.41, 5.74) is 2.34. The zero-order chi connectivity index (χ0) is 11.4. The molecule has 0 N–H and O–H groups in total. The second kappa shape index (κ2) is 4.96. The molecule has 1 aliphatic heterocycles. The van der Waals surface area contributed by atoms with Gasteiger partial charge in [0.25, 0.3) is 0 Å². The molecule has 0 aromatic rings. The van der Waals surface area contributed by atoms with Crippen molar-refractivity contribution in [1.29, 1.82) is 0 Å². The van der Waals surface area contributed by atoms with E-state index in [0.29, 0.717) is 18.5 Å². The Labute approximate surface area is 92.0 Å². The average Bonchev–Trinajstić information content (AvgIpc) is 2.26. The minimum absolute atomic E-state index is 0.291. The van der Waals surface area contributed by atoms with Crippen LogP contribution in [0.15, 0.2) is 36.5 Å². The number of rotatable bonds is 4. The van der Waals surface area contributed by atoms with E-state index in [1.54, 1.807) is 0 Å². The van der Waals surface area contributed by atoms with Crippen LogP contribution in [-0.2, 0) is 4.79 Å². The Morgan fingerprint density at radius 1 is 1.33 bits per heavy atom. The lowest BCUT2D eigenvalue weighted by atomic mass is 9.88. The summed E-state index contributed by atoms with van der Waals surface area (Å²) in [6.45, 7) is 12.5. The molecule has 0 saturated heterocycles. The molecule has 0 radical (unpaired) electrons. The summed E-state index contributed by atoms with van der Waals surface area (Å²) in [5.74, 6) is 0.469. The zero-order valence-electron chi connectivity index (χ0n) is 9.57. The highest BCUT2D eigenvalue weighted by Crippen LogP contribution is 2.27. The fraction of sp³-hybridized carbons (Fsp3) is 0.462. The van der Waals surface area contributed by atoms with Gasteiger partial charge >= 0.3 is 0 Å². The third-order valence-electron chi connectivity index (χ3n) is 3.02. The van der Waals surface area contributed by atoms with Crippen LogP contribution in [0.25, 0.3) is 0 Å². The van der Waals surface area contributed by atoms with Gasteiger partial charge in [0.2, 0.25) is 6.41 Å². The highest BCUT2D eigenvalue weighted by Gasteiger charge is 2.26. The van der Waals surface area contributed by atoms with Gasteiger partial charge in [-0.05, 0) is 23.5 Å². The topological polar surface area (TPSA) is 20.3 Å². The molecule has 2 nitrogen and oxygen atoms in total. The van der Waals surface area contributed by atoms with E-state index in [9.17, 15) is 4.79 Å². The molecule has 0 aliphatic carbocycles. The summed E-state index contributed by atoms with van der Waals surface area (Å²) in [4.78, 5) is 12.8. The predicted octanol–water partition coefficient (Wildman–Crippen LogP) is 2.54. The molecule has 0 aromatic heterocycles. The molecule has 1 rings (SSSR count). The van der Waals surface area contributed by atoms with Gasteiger partial charge in [-0.3, -0.25) is 4.79 Å². The quantitative estimate of drug-likeness (QED) is 0.646. The number of carbonyl (C=O) groups is 1. The van der Waals surface area contributed by atoms with E-state index in [1.807, 2.05) is 17.1 Å². The third-order valence-corrected chi connectivity index (χ3v) is 3.02. The van der Waals surface area contributed by atoms with Crippen LogP contribution in [0.5, 0.6) is 0 Å². The molecule has 0 spiro atoms. The fourth-order valence-electron chi connectivity index (χ4n) is 2.03. The lowest BCUT2D eigenvalue weighted by Crippen LogP contribution is -2.42. The van der Waals surface area contributed by atoms with E-state index in [1.165, 1.54) is 5.57 Å². The Hall–Kier alpha value is -1.31. The van der Waals surface area contributed by atoms with Crippen molar-refractivity contribution in [2.24, 2.45) is 5.92 Å². The van der Waals surface area contributed by atoms with Gasteiger partial charge in [0.15, 0.2) is 0 Å². The molecule has 1 atom stereocenters. The number of nitrogens with zero attached hydrogens (tertiary/aromatic N) is 1. The molecule has 2 heteroatoms. The maximum absolute atomic E-state index is 11.0. The molecular weight excluding hydrogens is 186 g/mol. The molecule has 1 aliphatic rings. The number of hydrogen-bond donors (Lipinski definition) is 0. The van der Waals surface area contributed by atoms with Crippen molar-refractivity contribution in [3.63, 3.8) is 0 Å². The minimum atomic E-state index is 0.291. The molecule has 0 bridgehead atoms. The lowest BCUT2D eigenvalue weighted by molar-refractivity contribution is -0.120. The van der Waals surface area contributed by atoms with E-state index < -0.39 is 0 Å². The first-order chi connectivity index (χ1) is 7.13. The van der Waals surface area contributed by atoms with Crippen LogP contribution >= 0.6 is 0 Å². The molecule has 82 valence electrons. The monoisotopic (exact) mass is 205 g/mol. The minimum Gasteiger partial charge on any atom is -0.337 e. The normalized spacial score (nSPS) is 21.8. The van der Waals surface area contributed by atoms with E-state index in [-0.39, 0.29) is 0 Å². The van der Waals surface area contributed by atoms with Crippen LogP contribution in [0.1, 0.15) is 20.3 Å². The summed E-state index contributed by atoms with van der Waals surface area (Å²) >= 11 is 0. The largest absolute Gasteiger partial charge is 0.337 e. The summed E-state index contributed by atoms with van der Waals surface area (Å²) < 4.78 is 0. The Kier molecular flexibility index (Phi) is 3.89. The maximum atomic E-state index is 11.0. The van der Waals surface area contributed by atoms with Crippen LogP contribution in [0.4, 0.5) is 0 Å². The maximum Gasteiger partial charge on any atom is 0.210 e. The van der Waals surface area contributed by atoms with Gasteiger partial charge < -0.3 is 4.90 Å². The smallest absolute Gasteiger partial charge is 0.210 e. The molecular formula is C13H19NO. The van der Waals surface area contributed by atoms with Gasteiger partial charge in [-0.2, -0.15) is 0 Å². The molecule has 15 heavy (non-hydrogen) atoms. The Morgan fingerprint density at radius 3 is 2.33 bits per heavy atom. The summed E-state index contributed by atoms with van der Waals surface area (Å²) in [6.07, 6.45) is 5.54. The molecule has 0 aromatic carbocycles. The van der Waals surface area contributed by atoms with Crippen LogP contribution in [-0.4, -0.2) is 23.9 Å². The molecule has 0 fully saturated rings. The van der Waals surface area contributed by atoms with Crippen LogP contribution in [0.3, 0.4) is 0 Å². The summed E-state index contributed by atoms with van der Waals surface area (Å²) in [6, 6.07) is 0.291. The number of amides is 1. The SMILES string of the molecule is C=CC1=C(C=C)CN(C=O)C(C(C)C)C1. The van der Waals surface area contributed by atoms with Gasteiger partial charge in [-0.25, -0.2) is 0 Å². The highest BCUT2D eigenvalue weighted by atomic mass is 16.1. The van der Waals surface area contributed by atoms with Crippen LogP contribution in [0.2, 0.25) is 0 Å². The number of carbonyl (C=O) groups excluding carboxylic acids is 1. The Morgan fingerprint density at radius 2 is 1.93 bits per heavy atom. The highest BCUT2D eigenvalue weighted by molar-refractivity contribution is 5.52. The second-order valence-electron chi connectivity index (χ2n) is 4.25. The summed E-state index contributed by atoms with van der Waals surface area (Å²) in [7, 11) is 0. The van der Waals surface area contributed by atoms with Crippen molar-refractivity contribution < 1.29 is 4.79 Å². The lowest BCUT2D eigenvalue weighted by Gasteiger charge is -2.36. The third kappa shape index (κ3) is 2.38. The zero-order valence-corrected chi connectivity index (χ0v) is 9.57. The second-order valence-corrected chi connectivity index (χ2v) is 4.25. The van der Waals surface area contributed by atoms with Gasteiger partial charge in [0.05, 0.1) is 0 Å². The van der Waals surface area contributed by atoms with Gasteiger partial charge in [-0.15, -0.1) is 0 Å². The van der Waals surface area contributed by atoms with E-state index >= 15 is 0 Å². The molecule has 0 saturated carbocycles. The summed E-state index contributed by atoms with van der Waals surface area (Å²) in [5, 5.41) is 0.